The maximum atomic E-state index is 11.4. The Morgan fingerprint density at radius 2 is 2.47 bits per heavy atom. The number of methoxy groups -OCH3 is 1. The van der Waals surface area contributed by atoms with Gasteiger partial charge in [-0.3, -0.25) is 15.1 Å². The van der Waals surface area contributed by atoms with Gasteiger partial charge in [0, 0.05) is 6.20 Å². The molecule has 1 heterocycles. The van der Waals surface area contributed by atoms with Crippen LogP contribution in [0.15, 0.2) is 18.3 Å². The lowest BCUT2D eigenvalue weighted by Gasteiger charge is -2.27. The third-order valence-electron chi connectivity index (χ3n) is 3.20. The largest absolute Gasteiger partial charge is 0.468 e. The van der Waals surface area contributed by atoms with Crippen LogP contribution in [-0.4, -0.2) is 24.1 Å². The van der Waals surface area contributed by atoms with E-state index in [1.807, 2.05) is 19.2 Å². The molecule has 0 aromatic carbocycles. The van der Waals surface area contributed by atoms with E-state index in [2.05, 4.69) is 16.4 Å². The maximum Gasteiger partial charge on any atom is 0.322 e. The third-order valence-corrected chi connectivity index (χ3v) is 3.20. The highest BCUT2D eigenvalue weighted by Crippen LogP contribution is 2.27. The summed E-state index contributed by atoms with van der Waals surface area (Å²) < 4.78 is 4.72. The van der Waals surface area contributed by atoms with Crippen molar-refractivity contribution in [3.63, 3.8) is 0 Å². The van der Waals surface area contributed by atoms with Crippen LogP contribution in [0.2, 0.25) is 0 Å². The van der Waals surface area contributed by atoms with Crippen LogP contribution in [-0.2, 0) is 16.0 Å². The van der Waals surface area contributed by atoms with Crippen LogP contribution in [0, 0.1) is 0 Å². The minimum Gasteiger partial charge on any atom is -0.468 e. The van der Waals surface area contributed by atoms with E-state index in [1.165, 1.54) is 12.7 Å². The van der Waals surface area contributed by atoms with E-state index in [1.54, 1.807) is 0 Å². The Morgan fingerprint density at radius 1 is 1.65 bits per heavy atom. The molecule has 1 aliphatic carbocycles. The number of aromatic nitrogens is 1. The molecule has 0 radical (unpaired) electrons. The van der Waals surface area contributed by atoms with Gasteiger partial charge in [-0.1, -0.05) is 6.07 Å². The fraction of sp³-hybridized carbons (Fsp3) is 0.538. The smallest absolute Gasteiger partial charge is 0.322 e. The van der Waals surface area contributed by atoms with Gasteiger partial charge < -0.3 is 4.74 Å². The highest BCUT2D eigenvalue weighted by atomic mass is 16.5. The van der Waals surface area contributed by atoms with Gasteiger partial charge >= 0.3 is 5.97 Å². The SMILES string of the molecule is COC(=O)C(C)NC1CCCc2cccnc21. The predicted octanol–water partition coefficient (Wildman–Crippen LogP) is 1.61. The van der Waals surface area contributed by atoms with Gasteiger partial charge in [-0.25, -0.2) is 0 Å². The Hall–Kier alpha value is -1.42. The van der Waals surface area contributed by atoms with Crippen LogP contribution in [0.4, 0.5) is 0 Å². The number of hydrogen-bond donors (Lipinski definition) is 1. The number of pyridine rings is 1. The number of nitrogens with one attached hydrogen (secondary N) is 1. The van der Waals surface area contributed by atoms with Crippen molar-refractivity contribution in [3.8, 4) is 0 Å². The van der Waals surface area contributed by atoms with Gasteiger partial charge in [0.25, 0.3) is 0 Å². The number of aryl methyl sites for hydroxylation is 1. The standard InChI is InChI=1S/C13H18N2O2/c1-9(13(16)17-2)15-11-7-3-5-10-6-4-8-14-12(10)11/h4,6,8-9,11,15H,3,5,7H2,1-2H3. The van der Waals surface area contributed by atoms with E-state index in [4.69, 9.17) is 4.74 Å². The summed E-state index contributed by atoms with van der Waals surface area (Å²) >= 11 is 0. The number of nitrogens with zero attached hydrogens (tertiary/aromatic N) is 1. The predicted molar refractivity (Wildman–Crippen MR) is 64.5 cm³/mol. The summed E-state index contributed by atoms with van der Waals surface area (Å²) in [7, 11) is 1.41. The van der Waals surface area contributed by atoms with Gasteiger partial charge in [-0.05, 0) is 37.8 Å². The number of carbonyl (C=O) groups excluding carboxylic acids is 1. The van der Waals surface area contributed by atoms with Gasteiger partial charge in [0.15, 0.2) is 0 Å². The lowest BCUT2D eigenvalue weighted by atomic mass is 9.91. The Kier molecular flexibility index (Phi) is 3.74. The molecule has 1 aromatic heterocycles. The average molecular weight is 234 g/mol. The number of hydrogen-bond acceptors (Lipinski definition) is 4. The molecule has 0 saturated heterocycles. The van der Waals surface area contributed by atoms with E-state index in [0.29, 0.717) is 0 Å². The number of carbonyl (C=O) groups is 1. The Labute approximate surface area is 101 Å². The summed E-state index contributed by atoms with van der Waals surface area (Å²) in [6.45, 7) is 1.82. The monoisotopic (exact) mass is 234 g/mol. The third kappa shape index (κ3) is 2.64. The lowest BCUT2D eigenvalue weighted by molar-refractivity contribution is -0.142. The van der Waals surface area contributed by atoms with Crippen molar-refractivity contribution >= 4 is 5.97 Å². The highest BCUT2D eigenvalue weighted by molar-refractivity contribution is 5.75. The number of esters is 1. The minimum absolute atomic E-state index is 0.161. The summed E-state index contributed by atoms with van der Waals surface area (Å²) in [5, 5.41) is 3.29. The topological polar surface area (TPSA) is 51.2 Å². The molecule has 0 fully saturated rings. The molecule has 2 atom stereocenters. The van der Waals surface area contributed by atoms with Crippen molar-refractivity contribution in [3.05, 3.63) is 29.6 Å². The second kappa shape index (κ2) is 5.27. The molecule has 0 saturated carbocycles. The minimum atomic E-state index is -0.294. The first-order valence-corrected chi connectivity index (χ1v) is 6.00. The zero-order valence-electron chi connectivity index (χ0n) is 10.3. The van der Waals surface area contributed by atoms with Crippen molar-refractivity contribution in [1.82, 2.24) is 10.3 Å². The first kappa shape index (κ1) is 12.0. The number of fused-ring (bicyclic) bond motifs is 1. The van der Waals surface area contributed by atoms with Gasteiger partial charge in [0.05, 0.1) is 18.8 Å². The normalized spacial score (nSPS) is 20.5. The zero-order valence-corrected chi connectivity index (χ0v) is 10.3. The van der Waals surface area contributed by atoms with E-state index >= 15 is 0 Å². The molecule has 1 aliphatic rings. The summed E-state index contributed by atoms with van der Waals surface area (Å²) in [5.41, 5.74) is 2.36. The molecular formula is C13H18N2O2. The Bertz CT molecular complexity index is 406. The zero-order chi connectivity index (χ0) is 12.3. The summed E-state index contributed by atoms with van der Waals surface area (Å²) in [5.74, 6) is -0.229. The molecule has 1 N–H and O–H groups in total. The molecule has 4 heteroatoms. The van der Waals surface area contributed by atoms with E-state index in [0.717, 1.165) is 25.0 Å². The number of rotatable bonds is 3. The Morgan fingerprint density at radius 3 is 3.24 bits per heavy atom. The van der Waals surface area contributed by atoms with Gasteiger partial charge in [0.2, 0.25) is 0 Å². The van der Waals surface area contributed by atoms with Crippen molar-refractivity contribution < 1.29 is 9.53 Å². The quantitative estimate of drug-likeness (QED) is 0.807. The van der Waals surface area contributed by atoms with Crippen LogP contribution in [0.5, 0.6) is 0 Å². The molecule has 2 rings (SSSR count). The molecule has 0 bridgehead atoms. The first-order chi connectivity index (χ1) is 8.22. The average Bonchev–Trinajstić information content (AvgIpc) is 2.38. The fourth-order valence-electron chi connectivity index (χ4n) is 2.32. The molecule has 0 spiro atoms. The summed E-state index contributed by atoms with van der Waals surface area (Å²) in [6, 6.07) is 3.94. The molecule has 4 nitrogen and oxygen atoms in total. The van der Waals surface area contributed by atoms with Crippen LogP contribution < -0.4 is 5.32 Å². The van der Waals surface area contributed by atoms with E-state index < -0.39 is 0 Å². The van der Waals surface area contributed by atoms with Crippen LogP contribution in [0.25, 0.3) is 0 Å². The molecular weight excluding hydrogens is 216 g/mol. The summed E-state index contributed by atoms with van der Waals surface area (Å²) in [6.07, 6.45) is 5.03. The highest BCUT2D eigenvalue weighted by Gasteiger charge is 2.24. The van der Waals surface area contributed by atoms with Gasteiger partial charge in [-0.2, -0.15) is 0 Å². The van der Waals surface area contributed by atoms with E-state index in [9.17, 15) is 4.79 Å². The van der Waals surface area contributed by atoms with Crippen molar-refractivity contribution in [2.75, 3.05) is 7.11 Å². The van der Waals surface area contributed by atoms with Crippen molar-refractivity contribution in [2.24, 2.45) is 0 Å². The lowest BCUT2D eigenvalue weighted by Crippen LogP contribution is -2.39. The Balaban J connectivity index is 2.11. The summed E-state index contributed by atoms with van der Waals surface area (Å²) in [4.78, 5) is 15.8. The van der Waals surface area contributed by atoms with Gasteiger partial charge in [-0.15, -0.1) is 0 Å². The second-order valence-corrected chi connectivity index (χ2v) is 4.40. The van der Waals surface area contributed by atoms with Gasteiger partial charge in [0.1, 0.15) is 6.04 Å². The van der Waals surface area contributed by atoms with Crippen molar-refractivity contribution in [2.45, 2.75) is 38.3 Å². The molecule has 0 amide bonds. The van der Waals surface area contributed by atoms with Crippen LogP contribution >= 0.6 is 0 Å². The second-order valence-electron chi connectivity index (χ2n) is 4.40. The molecule has 2 unspecified atom stereocenters. The van der Waals surface area contributed by atoms with Crippen molar-refractivity contribution in [1.29, 1.82) is 0 Å². The number of ether oxygens (including phenoxy) is 1. The maximum absolute atomic E-state index is 11.4. The molecule has 92 valence electrons. The van der Waals surface area contributed by atoms with Crippen LogP contribution in [0.3, 0.4) is 0 Å². The fourth-order valence-corrected chi connectivity index (χ4v) is 2.32. The molecule has 1 aromatic rings. The van der Waals surface area contributed by atoms with Crippen LogP contribution in [0.1, 0.15) is 37.1 Å². The molecule has 17 heavy (non-hydrogen) atoms. The van der Waals surface area contributed by atoms with E-state index in [-0.39, 0.29) is 18.1 Å². The first-order valence-electron chi connectivity index (χ1n) is 6.00. The molecule has 0 aliphatic heterocycles.